The van der Waals surface area contributed by atoms with Crippen LogP contribution in [0, 0.1) is 0 Å². The molecule has 9 atom stereocenters. The Morgan fingerprint density at radius 3 is 1.64 bits per heavy atom. The Balaban J connectivity index is 2.16. The molecule has 42 heavy (non-hydrogen) atoms. The minimum Gasteiger partial charge on any atom is -0.480 e. The van der Waals surface area contributed by atoms with Gasteiger partial charge in [0.25, 0.3) is 0 Å². The Hall–Kier alpha value is -2.60. The number of hydrogen-bond acceptors (Lipinski definition) is 17. The van der Waals surface area contributed by atoms with Crippen LogP contribution in [0.2, 0.25) is 0 Å². The van der Waals surface area contributed by atoms with Gasteiger partial charge in [0.2, 0.25) is 5.79 Å². The molecule has 2 aliphatic heterocycles. The zero-order valence-corrected chi connectivity index (χ0v) is 22.1. The molecular weight excluding hydrogens is 580 g/mol. The van der Waals surface area contributed by atoms with Crippen molar-refractivity contribution in [2.45, 2.75) is 54.8 Å². The fourth-order valence-corrected chi connectivity index (χ4v) is 4.31. The molecule has 242 valence electrons. The van der Waals surface area contributed by atoms with Crippen molar-refractivity contribution in [3.05, 3.63) is 0 Å². The van der Waals surface area contributed by atoms with Crippen molar-refractivity contribution in [1.82, 2.24) is 9.80 Å². The fraction of sp³-hybridized carbons (Fsp3) is 0.818. The molecule has 2 heterocycles. The molecule has 2 saturated heterocycles. The smallest absolute Gasteiger partial charge is 0.320 e. The molecular formula is C22H36N2O18. The van der Waals surface area contributed by atoms with E-state index >= 15 is 0 Å². The van der Waals surface area contributed by atoms with E-state index in [1.165, 1.54) is 0 Å². The summed E-state index contributed by atoms with van der Waals surface area (Å²) >= 11 is 0. The third kappa shape index (κ3) is 9.45. The van der Waals surface area contributed by atoms with Gasteiger partial charge < -0.3 is 70.0 Å². The lowest BCUT2D eigenvalue weighted by Gasteiger charge is -2.43. The summed E-state index contributed by atoms with van der Waals surface area (Å²) in [5.41, 5.74) is 0. The first-order valence-electron chi connectivity index (χ1n) is 12.5. The first-order valence-corrected chi connectivity index (χ1v) is 12.5. The molecule has 2 rings (SSSR count). The second-order valence-electron chi connectivity index (χ2n) is 9.66. The average molecular weight is 617 g/mol. The Kier molecular flexibility index (Phi) is 13.3. The van der Waals surface area contributed by atoms with Gasteiger partial charge in [-0.05, 0) is 0 Å². The quantitative estimate of drug-likeness (QED) is 0.0678. The highest BCUT2D eigenvalue weighted by Gasteiger charge is 2.59. The van der Waals surface area contributed by atoms with E-state index in [2.05, 4.69) is 0 Å². The van der Waals surface area contributed by atoms with Gasteiger partial charge in [0, 0.05) is 13.1 Å². The number of ether oxygens (including phenoxy) is 4. The van der Waals surface area contributed by atoms with E-state index in [0.717, 1.165) is 9.80 Å². The van der Waals surface area contributed by atoms with Crippen molar-refractivity contribution in [2.75, 3.05) is 59.1 Å². The predicted octanol–water partition coefficient (Wildman–Crippen LogP) is -6.99. The predicted molar refractivity (Wildman–Crippen MR) is 128 cm³/mol. The summed E-state index contributed by atoms with van der Waals surface area (Å²) in [5, 5.41) is 97.3. The molecule has 0 radical (unpaired) electrons. The summed E-state index contributed by atoms with van der Waals surface area (Å²) in [7, 11) is 0. The number of carbonyl (C=O) groups is 4. The average Bonchev–Trinajstić information content (AvgIpc) is 3.14. The van der Waals surface area contributed by atoms with Crippen LogP contribution in [0.15, 0.2) is 0 Å². The van der Waals surface area contributed by atoms with E-state index in [4.69, 9.17) is 29.2 Å². The van der Waals surface area contributed by atoms with Crippen molar-refractivity contribution in [2.24, 2.45) is 0 Å². The van der Waals surface area contributed by atoms with Crippen LogP contribution in [0.25, 0.3) is 0 Å². The van der Waals surface area contributed by atoms with Gasteiger partial charge in [0.15, 0.2) is 6.29 Å². The van der Waals surface area contributed by atoms with Gasteiger partial charge >= 0.3 is 23.9 Å². The Morgan fingerprint density at radius 1 is 0.690 bits per heavy atom. The second-order valence-corrected chi connectivity index (χ2v) is 9.66. The van der Waals surface area contributed by atoms with Crippen LogP contribution in [0.4, 0.5) is 0 Å². The molecule has 0 amide bonds. The molecule has 0 aromatic rings. The van der Waals surface area contributed by atoms with Crippen LogP contribution in [0.1, 0.15) is 0 Å². The molecule has 20 nitrogen and oxygen atoms in total. The summed E-state index contributed by atoms with van der Waals surface area (Å²) in [6.07, 6.45) is -14.5. The van der Waals surface area contributed by atoms with Gasteiger partial charge in [0.05, 0.1) is 39.4 Å². The summed E-state index contributed by atoms with van der Waals surface area (Å²) in [6.45, 7) is -6.18. The standard InChI is InChI=1S/C22H36N2O18/c25-7-10-16(34)18(36)19(37)21(40-10)42-22(20(38)17(35)11(8-26)41-22)9-39-15(33)6-24(5-14(31)32)2-1-23(3-12(27)28)4-13(29)30/h10-11,16-21,25-26,34-38H,1-9H2,(H,27,28)(H,29,30)(H,31,32)/t10-,11-,16-,17-,18+,19-,20+,21-,22+/m1/s1. The van der Waals surface area contributed by atoms with Gasteiger partial charge in [0.1, 0.15) is 49.3 Å². The van der Waals surface area contributed by atoms with E-state index in [1.54, 1.807) is 0 Å². The molecule has 0 aromatic heterocycles. The van der Waals surface area contributed by atoms with Crippen molar-refractivity contribution >= 4 is 23.9 Å². The van der Waals surface area contributed by atoms with Crippen LogP contribution in [-0.4, -0.2) is 199 Å². The maximum Gasteiger partial charge on any atom is 0.320 e. The fourth-order valence-electron chi connectivity index (χ4n) is 4.31. The maximum atomic E-state index is 12.7. The number of carboxylic acid groups (broad SMARTS) is 3. The lowest BCUT2D eigenvalue weighted by Crippen LogP contribution is -2.63. The maximum absolute atomic E-state index is 12.7. The van der Waals surface area contributed by atoms with E-state index < -0.39 is 125 Å². The van der Waals surface area contributed by atoms with Gasteiger partial charge in [-0.25, -0.2) is 0 Å². The van der Waals surface area contributed by atoms with Crippen molar-refractivity contribution in [3.8, 4) is 0 Å². The van der Waals surface area contributed by atoms with Crippen LogP contribution in [0.3, 0.4) is 0 Å². The molecule has 2 aliphatic rings. The number of carboxylic acids is 3. The molecule has 0 saturated carbocycles. The molecule has 20 heteroatoms. The number of rotatable bonds is 17. The molecule has 0 spiro atoms. The number of nitrogens with zero attached hydrogens (tertiary/aromatic N) is 2. The van der Waals surface area contributed by atoms with Crippen LogP contribution in [0.5, 0.6) is 0 Å². The minimum atomic E-state index is -2.55. The Bertz CT molecular complexity index is 921. The normalized spacial score (nSPS) is 33.2. The van der Waals surface area contributed by atoms with Crippen LogP contribution >= 0.6 is 0 Å². The van der Waals surface area contributed by atoms with Gasteiger partial charge in [-0.3, -0.25) is 29.0 Å². The molecule has 0 aromatic carbocycles. The van der Waals surface area contributed by atoms with Crippen molar-refractivity contribution in [1.29, 1.82) is 0 Å². The zero-order valence-electron chi connectivity index (χ0n) is 22.1. The van der Waals surface area contributed by atoms with E-state index in [0.29, 0.717) is 0 Å². The second kappa shape index (κ2) is 15.7. The number of carbonyl (C=O) groups excluding carboxylic acids is 1. The Labute approximate surface area is 237 Å². The van der Waals surface area contributed by atoms with Crippen molar-refractivity contribution < 1.29 is 89.2 Å². The van der Waals surface area contributed by atoms with Gasteiger partial charge in [-0.2, -0.15) is 0 Å². The largest absolute Gasteiger partial charge is 0.480 e. The summed E-state index contributed by atoms with van der Waals surface area (Å²) in [5.74, 6) is -7.79. The lowest BCUT2D eigenvalue weighted by molar-refractivity contribution is -0.383. The summed E-state index contributed by atoms with van der Waals surface area (Å²) in [6, 6.07) is 0. The molecule has 0 unspecified atom stereocenters. The lowest BCUT2D eigenvalue weighted by atomic mass is 9.99. The van der Waals surface area contributed by atoms with Crippen molar-refractivity contribution in [3.63, 3.8) is 0 Å². The van der Waals surface area contributed by atoms with E-state index in [1.807, 2.05) is 0 Å². The first kappa shape index (κ1) is 35.6. The number of esters is 1. The topological polar surface area (TPSA) is 314 Å². The summed E-state index contributed by atoms with van der Waals surface area (Å²) in [4.78, 5) is 47.9. The minimum absolute atomic E-state index is 0.268. The monoisotopic (exact) mass is 616 g/mol. The van der Waals surface area contributed by atoms with Crippen LogP contribution < -0.4 is 0 Å². The van der Waals surface area contributed by atoms with Crippen LogP contribution in [-0.2, 0) is 38.1 Å². The highest BCUT2D eigenvalue weighted by atomic mass is 16.8. The third-order valence-electron chi connectivity index (χ3n) is 6.45. The number of aliphatic carboxylic acids is 3. The summed E-state index contributed by atoms with van der Waals surface area (Å²) < 4.78 is 21.2. The molecule has 0 bridgehead atoms. The highest BCUT2D eigenvalue weighted by Crippen LogP contribution is 2.36. The van der Waals surface area contributed by atoms with E-state index in [-0.39, 0.29) is 13.1 Å². The highest BCUT2D eigenvalue weighted by molar-refractivity contribution is 5.74. The number of aliphatic hydroxyl groups excluding tert-OH is 7. The number of aliphatic hydroxyl groups is 7. The Morgan fingerprint density at radius 2 is 1.19 bits per heavy atom. The molecule has 2 fully saturated rings. The third-order valence-corrected chi connectivity index (χ3v) is 6.45. The van der Waals surface area contributed by atoms with Gasteiger partial charge in [-0.1, -0.05) is 0 Å². The first-order chi connectivity index (χ1) is 19.6. The van der Waals surface area contributed by atoms with Gasteiger partial charge in [-0.15, -0.1) is 0 Å². The number of hydrogen-bond donors (Lipinski definition) is 10. The SMILES string of the molecule is O=C(O)CN(CCN(CC(=O)O)CC(=O)OC[C@@]1(O[C@H]2O[C@H](CO)[C@@H](O)[C@H](O)[C@H]2O)O[C@H](CO)[C@@H](O)[C@@H]1O)CC(=O)O. The zero-order chi connectivity index (χ0) is 31.8. The molecule has 0 aliphatic carbocycles. The molecule has 10 N–H and O–H groups in total. The van der Waals surface area contributed by atoms with E-state index in [9.17, 15) is 60.0 Å².